The van der Waals surface area contributed by atoms with Gasteiger partial charge in [0, 0.05) is 64.3 Å². The minimum Gasteiger partial charge on any atom is -0.481 e. The molecule has 70 heavy (non-hydrogen) atoms. The van der Waals surface area contributed by atoms with Crippen LogP contribution in [0.5, 0.6) is 0 Å². The molecule has 0 radical (unpaired) electrons. The molecule has 1 saturated carbocycles. The molecular formula is C50H90N6O14. The smallest absolute Gasteiger partial charge is 0.326 e. The molecule has 1 fully saturated rings. The van der Waals surface area contributed by atoms with Gasteiger partial charge in [0.15, 0.2) is 0 Å². The lowest BCUT2D eigenvalue weighted by Crippen LogP contribution is -2.45. The Balaban J connectivity index is 1.98. The topological polar surface area (TPSA) is 286 Å². The maximum atomic E-state index is 13.0. The Labute approximate surface area is 416 Å². The van der Waals surface area contributed by atoms with E-state index < -0.39 is 18.0 Å². The minimum atomic E-state index is -1.20. The Bertz CT molecular complexity index is 1450. The quantitative estimate of drug-likeness (QED) is 0.0395. The van der Waals surface area contributed by atoms with Crippen LogP contribution in [-0.2, 0) is 57.3 Å². The van der Waals surface area contributed by atoms with E-state index in [0.29, 0.717) is 51.7 Å². The average Bonchev–Trinajstić information content (AvgIpc) is 3.34. The second kappa shape index (κ2) is 44.5. The van der Waals surface area contributed by atoms with E-state index in [2.05, 4.69) is 31.9 Å². The molecule has 1 atom stereocenters. The van der Waals surface area contributed by atoms with Gasteiger partial charge in [-0.3, -0.25) is 33.6 Å². The van der Waals surface area contributed by atoms with E-state index in [9.17, 15) is 43.5 Å². The average molecular weight is 999 g/mol. The third-order valence-electron chi connectivity index (χ3n) is 12.1. The first-order valence-electron chi connectivity index (χ1n) is 26.3. The fraction of sp³-hybridized carbons (Fsp3) is 0.840. The van der Waals surface area contributed by atoms with Crippen LogP contribution >= 0.6 is 0 Å². The fourth-order valence-corrected chi connectivity index (χ4v) is 7.85. The minimum absolute atomic E-state index is 0.0567. The highest BCUT2D eigenvalue weighted by atomic mass is 16.5. The molecule has 0 heterocycles. The zero-order valence-corrected chi connectivity index (χ0v) is 42.4. The number of hydrogen-bond donors (Lipinski definition) is 8. The molecular weight excluding hydrogens is 909 g/mol. The Morgan fingerprint density at radius 1 is 0.457 bits per heavy atom. The van der Waals surface area contributed by atoms with Crippen LogP contribution in [0.25, 0.3) is 0 Å². The zero-order valence-electron chi connectivity index (χ0n) is 42.4. The predicted molar refractivity (Wildman–Crippen MR) is 264 cm³/mol. The first-order valence-corrected chi connectivity index (χ1v) is 26.3. The van der Waals surface area contributed by atoms with Gasteiger partial charge in [0.25, 0.3) is 0 Å². The first-order chi connectivity index (χ1) is 33.9. The number of amides is 6. The number of carboxylic acids is 2. The number of carbonyl (C=O) groups is 8. The summed E-state index contributed by atoms with van der Waals surface area (Å²) in [7, 11) is 0. The summed E-state index contributed by atoms with van der Waals surface area (Å²) in [5.74, 6) is -3.27. The number of hydrogen-bond acceptors (Lipinski definition) is 12. The van der Waals surface area contributed by atoms with Crippen LogP contribution in [-0.4, -0.2) is 149 Å². The van der Waals surface area contributed by atoms with Gasteiger partial charge < -0.3 is 61.1 Å². The molecule has 0 saturated heterocycles. The molecule has 0 aromatic heterocycles. The van der Waals surface area contributed by atoms with E-state index in [-0.39, 0.29) is 126 Å². The molecule has 1 rings (SSSR count). The summed E-state index contributed by atoms with van der Waals surface area (Å²) in [4.78, 5) is 94.9. The van der Waals surface area contributed by atoms with Gasteiger partial charge in [0.2, 0.25) is 35.4 Å². The van der Waals surface area contributed by atoms with Gasteiger partial charge in [0.05, 0.1) is 39.6 Å². The lowest BCUT2D eigenvalue weighted by atomic mass is 9.81. The number of carbonyl (C=O) groups excluding carboxylic acids is 6. The second-order valence-electron chi connectivity index (χ2n) is 18.1. The van der Waals surface area contributed by atoms with E-state index in [1.54, 1.807) is 6.92 Å². The van der Waals surface area contributed by atoms with Gasteiger partial charge in [-0.1, -0.05) is 96.8 Å². The Morgan fingerprint density at radius 2 is 0.871 bits per heavy atom. The maximum Gasteiger partial charge on any atom is 0.326 e. The molecule has 20 heteroatoms. The van der Waals surface area contributed by atoms with Gasteiger partial charge >= 0.3 is 11.9 Å². The van der Waals surface area contributed by atoms with Crippen molar-refractivity contribution >= 4 is 47.4 Å². The highest BCUT2D eigenvalue weighted by molar-refractivity contribution is 5.86. The highest BCUT2D eigenvalue weighted by Crippen LogP contribution is 2.29. The largest absolute Gasteiger partial charge is 0.481 e. The van der Waals surface area contributed by atoms with E-state index in [4.69, 9.17) is 24.1 Å². The van der Waals surface area contributed by atoms with Gasteiger partial charge in [0.1, 0.15) is 19.3 Å². The third-order valence-corrected chi connectivity index (χ3v) is 12.1. The summed E-state index contributed by atoms with van der Waals surface area (Å²) in [6.45, 7) is 4.37. The number of rotatable bonds is 47. The fourth-order valence-electron chi connectivity index (χ4n) is 7.85. The van der Waals surface area contributed by atoms with Crippen LogP contribution in [0, 0.1) is 11.8 Å². The number of carboxylic acid groups (broad SMARTS) is 2. The molecule has 0 bridgehead atoms. The normalized spacial score (nSPS) is 14.8. The zero-order chi connectivity index (χ0) is 51.3. The monoisotopic (exact) mass is 999 g/mol. The van der Waals surface area contributed by atoms with Crippen LogP contribution < -0.4 is 31.9 Å². The van der Waals surface area contributed by atoms with E-state index in [1.807, 2.05) is 0 Å². The number of aliphatic carboxylic acids is 2. The molecule has 20 nitrogen and oxygen atoms in total. The summed E-state index contributed by atoms with van der Waals surface area (Å²) >= 11 is 0. The Morgan fingerprint density at radius 3 is 1.34 bits per heavy atom. The standard InChI is InChI=1S/C50H90N6O14/c1-2-43(57)51-27-28-52-46(60)38-69-35-34-68-32-30-54-47(61)39-70-36-33-67-31-29-53-45(59)26-25-42(50(65)66)56-49(64)41-23-21-40(22-24-41)37-55-44(58)19-17-15-13-11-9-7-5-3-4-6-8-10-12-14-16-18-20-48(62)63/h40-42H,2-39H2,1H3,(H,51,57)(H,52,60)(H,53,59)(H,54,61)(H,55,58)(H,56,64)(H,62,63)(H,65,66)/t40?,41?,42-/m0/s1. The summed E-state index contributed by atoms with van der Waals surface area (Å²) in [6, 6.07) is -1.19. The van der Waals surface area contributed by atoms with E-state index in [0.717, 1.165) is 51.4 Å². The summed E-state index contributed by atoms with van der Waals surface area (Å²) in [6.07, 6.45) is 22.5. The van der Waals surface area contributed by atoms with E-state index >= 15 is 0 Å². The van der Waals surface area contributed by atoms with Gasteiger partial charge in [-0.05, 0) is 50.9 Å². The third kappa shape index (κ3) is 39.3. The molecule has 0 spiro atoms. The van der Waals surface area contributed by atoms with Crippen LogP contribution in [0.4, 0.5) is 0 Å². The number of unbranched alkanes of at least 4 members (excludes halogenated alkanes) is 15. The Kier molecular flexibility index (Phi) is 40.5. The van der Waals surface area contributed by atoms with Crippen molar-refractivity contribution in [2.24, 2.45) is 11.8 Å². The lowest BCUT2D eigenvalue weighted by molar-refractivity contribution is -0.143. The predicted octanol–water partition coefficient (Wildman–Crippen LogP) is 4.31. The molecule has 6 amide bonds. The van der Waals surface area contributed by atoms with Crippen LogP contribution in [0.3, 0.4) is 0 Å². The molecule has 0 aromatic carbocycles. The van der Waals surface area contributed by atoms with Crippen LogP contribution in [0.15, 0.2) is 0 Å². The molecule has 0 aliphatic heterocycles. The van der Waals surface area contributed by atoms with Crippen molar-refractivity contribution in [1.82, 2.24) is 31.9 Å². The summed E-state index contributed by atoms with van der Waals surface area (Å²) in [5, 5.41) is 34.7. The Hall–Kier alpha value is -4.40. The van der Waals surface area contributed by atoms with Gasteiger partial charge in [-0.2, -0.15) is 0 Å². The van der Waals surface area contributed by atoms with Crippen molar-refractivity contribution in [1.29, 1.82) is 0 Å². The van der Waals surface area contributed by atoms with Gasteiger partial charge in [-0.15, -0.1) is 0 Å². The van der Waals surface area contributed by atoms with Crippen molar-refractivity contribution < 1.29 is 67.5 Å². The maximum absolute atomic E-state index is 13.0. The van der Waals surface area contributed by atoms with Crippen LogP contribution in [0.1, 0.15) is 167 Å². The second-order valence-corrected chi connectivity index (χ2v) is 18.1. The molecule has 0 unspecified atom stereocenters. The molecule has 1 aliphatic carbocycles. The molecule has 0 aromatic rings. The van der Waals surface area contributed by atoms with Crippen molar-refractivity contribution in [3.63, 3.8) is 0 Å². The number of nitrogens with one attached hydrogen (secondary N) is 6. The first kappa shape index (κ1) is 63.6. The SMILES string of the molecule is CCC(=O)NCCNC(=O)COCCOCCNC(=O)COCCOCCNC(=O)CC[C@H](NC(=O)C1CCC(CNC(=O)CCCCCCCCCCCCCCCCCCC(=O)O)CC1)C(=O)O. The molecule has 8 N–H and O–H groups in total. The molecule has 404 valence electrons. The van der Waals surface area contributed by atoms with Gasteiger partial charge in [-0.25, -0.2) is 4.79 Å². The van der Waals surface area contributed by atoms with Crippen molar-refractivity contribution in [3.05, 3.63) is 0 Å². The summed E-state index contributed by atoms with van der Waals surface area (Å²) < 4.78 is 21.3. The summed E-state index contributed by atoms with van der Waals surface area (Å²) in [5.41, 5.74) is 0. The van der Waals surface area contributed by atoms with Crippen molar-refractivity contribution in [2.75, 3.05) is 85.6 Å². The van der Waals surface area contributed by atoms with Crippen molar-refractivity contribution in [2.45, 2.75) is 173 Å². The van der Waals surface area contributed by atoms with Crippen molar-refractivity contribution in [3.8, 4) is 0 Å². The lowest BCUT2D eigenvalue weighted by Gasteiger charge is -2.28. The molecule has 1 aliphatic rings. The highest BCUT2D eigenvalue weighted by Gasteiger charge is 2.30. The van der Waals surface area contributed by atoms with E-state index in [1.165, 1.54) is 64.2 Å². The number of ether oxygens (including phenoxy) is 4. The van der Waals surface area contributed by atoms with Crippen LogP contribution in [0.2, 0.25) is 0 Å².